The first kappa shape index (κ1) is 23.7. The molecule has 2 N–H and O–H groups in total. The van der Waals surface area contributed by atoms with Crippen molar-refractivity contribution in [2.45, 2.75) is 12.5 Å². The molecule has 0 aliphatic carbocycles. The van der Waals surface area contributed by atoms with E-state index in [-0.39, 0.29) is 5.54 Å². The van der Waals surface area contributed by atoms with Crippen molar-refractivity contribution in [1.82, 2.24) is 14.7 Å². The fourth-order valence-electron chi connectivity index (χ4n) is 5.18. The summed E-state index contributed by atoms with van der Waals surface area (Å²) in [5, 5.41) is 6.13. The minimum atomic E-state index is -0.742. The monoisotopic (exact) mass is 505 g/mol. The molecule has 8 nitrogen and oxygen atoms in total. The van der Waals surface area contributed by atoms with Crippen molar-refractivity contribution in [2.24, 2.45) is 0 Å². The zero-order valence-corrected chi connectivity index (χ0v) is 20.9. The third-order valence-electron chi connectivity index (χ3n) is 7.12. The molecule has 1 amide bonds. The van der Waals surface area contributed by atoms with Crippen molar-refractivity contribution in [3.05, 3.63) is 109 Å². The van der Waals surface area contributed by atoms with Crippen LogP contribution in [0.5, 0.6) is 0 Å². The maximum atomic E-state index is 13.5. The summed E-state index contributed by atoms with van der Waals surface area (Å²) in [5.74, 6) is -0.201. The van der Waals surface area contributed by atoms with Crippen LogP contribution in [-0.4, -0.2) is 40.7 Å². The normalized spacial score (nSPS) is 17.4. The lowest BCUT2D eigenvalue weighted by molar-refractivity contribution is -0.112. The number of carbonyl (C=O) groups excluding carboxylic acids is 2. The smallest absolute Gasteiger partial charge is 0.299 e. The Kier molecular flexibility index (Phi) is 6.01. The first-order chi connectivity index (χ1) is 18.5. The van der Waals surface area contributed by atoms with Crippen LogP contribution in [0.1, 0.15) is 23.2 Å². The van der Waals surface area contributed by atoms with Gasteiger partial charge in [-0.1, -0.05) is 36.4 Å². The zero-order chi connectivity index (χ0) is 26.1. The number of nitrogens with one attached hydrogen (secondary N) is 2. The second-order valence-corrected chi connectivity index (χ2v) is 9.53. The van der Waals surface area contributed by atoms with Crippen LogP contribution in [0, 0.1) is 0 Å². The second-order valence-electron chi connectivity index (χ2n) is 9.53. The van der Waals surface area contributed by atoms with Crippen LogP contribution in [-0.2, 0) is 10.3 Å². The van der Waals surface area contributed by atoms with Crippen LogP contribution in [0.25, 0.3) is 16.6 Å². The number of hydrogen-bond acceptors (Lipinski definition) is 6. The minimum Gasteiger partial charge on any atom is -0.467 e. The predicted octanol–water partition coefficient (Wildman–Crippen LogP) is 4.74. The van der Waals surface area contributed by atoms with E-state index in [0.717, 1.165) is 42.2 Å². The van der Waals surface area contributed by atoms with Gasteiger partial charge < -0.3 is 24.4 Å². The first-order valence-electron chi connectivity index (χ1n) is 12.5. The average Bonchev–Trinajstić information content (AvgIpc) is 3.63. The van der Waals surface area contributed by atoms with E-state index in [1.807, 2.05) is 72.8 Å². The van der Waals surface area contributed by atoms with Crippen LogP contribution in [0.4, 0.5) is 11.5 Å². The number of furan rings is 1. The van der Waals surface area contributed by atoms with Crippen molar-refractivity contribution in [3.8, 4) is 11.1 Å². The van der Waals surface area contributed by atoms with Gasteiger partial charge in [-0.05, 0) is 55.0 Å². The van der Waals surface area contributed by atoms with E-state index in [1.54, 1.807) is 29.1 Å². The van der Waals surface area contributed by atoms with E-state index in [4.69, 9.17) is 4.42 Å². The van der Waals surface area contributed by atoms with Gasteiger partial charge in [0.25, 0.3) is 11.7 Å². The van der Waals surface area contributed by atoms with Crippen LogP contribution in [0.15, 0.2) is 102 Å². The van der Waals surface area contributed by atoms with Gasteiger partial charge in [-0.3, -0.25) is 9.59 Å². The van der Waals surface area contributed by atoms with Gasteiger partial charge in [0.2, 0.25) is 0 Å². The lowest BCUT2D eigenvalue weighted by atomic mass is 9.93. The predicted molar refractivity (Wildman–Crippen MR) is 146 cm³/mol. The molecule has 0 saturated carbocycles. The summed E-state index contributed by atoms with van der Waals surface area (Å²) in [6.07, 6.45) is 5.19. The number of hydrogen-bond donors (Lipinski definition) is 2. The molecule has 0 bridgehead atoms. The highest BCUT2D eigenvalue weighted by atomic mass is 16.3. The van der Waals surface area contributed by atoms with Gasteiger partial charge in [0.1, 0.15) is 22.8 Å². The molecule has 1 unspecified atom stereocenters. The number of pyridine rings is 2. The molecule has 6 rings (SSSR count). The van der Waals surface area contributed by atoms with Gasteiger partial charge >= 0.3 is 0 Å². The molecule has 1 atom stereocenters. The van der Waals surface area contributed by atoms with Crippen molar-refractivity contribution in [1.29, 1.82) is 0 Å². The molecule has 8 heteroatoms. The van der Waals surface area contributed by atoms with Gasteiger partial charge in [0, 0.05) is 36.9 Å². The van der Waals surface area contributed by atoms with E-state index < -0.39 is 11.7 Å². The maximum Gasteiger partial charge on any atom is 0.299 e. The zero-order valence-electron chi connectivity index (χ0n) is 20.9. The van der Waals surface area contributed by atoms with Gasteiger partial charge in [-0.2, -0.15) is 0 Å². The van der Waals surface area contributed by atoms with Gasteiger partial charge in [0.05, 0.1) is 18.1 Å². The highest BCUT2D eigenvalue weighted by Crippen LogP contribution is 2.34. The number of anilines is 2. The molecule has 1 aromatic carbocycles. The molecule has 5 aromatic rings. The lowest BCUT2D eigenvalue weighted by Gasteiger charge is -2.45. The summed E-state index contributed by atoms with van der Waals surface area (Å²) < 4.78 is 7.49. The first-order valence-corrected chi connectivity index (χ1v) is 12.5. The summed E-state index contributed by atoms with van der Waals surface area (Å²) >= 11 is 0. The number of amides is 1. The van der Waals surface area contributed by atoms with Gasteiger partial charge in [-0.15, -0.1) is 0 Å². The number of ketones is 1. The van der Waals surface area contributed by atoms with Crippen LogP contribution >= 0.6 is 0 Å². The van der Waals surface area contributed by atoms with Crippen LogP contribution in [0.2, 0.25) is 0 Å². The Labute approximate surface area is 219 Å². The summed E-state index contributed by atoms with van der Waals surface area (Å²) in [7, 11) is 0. The molecule has 1 aliphatic rings. The molecule has 4 aromatic heterocycles. The van der Waals surface area contributed by atoms with E-state index in [2.05, 4.69) is 27.4 Å². The minimum absolute atomic E-state index is 0.309. The Morgan fingerprint density at radius 3 is 2.63 bits per heavy atom. The van der Waals surface area contributed by atoms with Crippen LogP contribution < -0.4 is 15.5 Å². The summed E-state index contributed by atoms with van der Waals surface area (Å²) in [4.78, 5) is 33.3. The van der Waals surface area contributed by atoms with Crippen molar-refractivity contribution in [3.63, 3.8) is 0 Å². The van der Waals surface area contributed by atoms with Gasteiger partial charge in [-0.25, -0.2) is 4.98 Å². The van der Waals surface area contributed by atoms with Crippen molar-refractivity contribution in [2.75, 3.05) is 29.9 Å². The number of carbonyl (C=O) groups is 2. The molecule has 38 heavy (non-hydrogen) atoms. The molecule has 0 spiro atoms. The molecule has 1 fully saturated rings. The number of nitrogens with zero attached hydrogens (tertiary/aromatic N) is 3. The molecule has 1 aliphatic heterocycles. The maximum absolute atomic E-state index is 13.5. The Bertz CT molecular complexity index is 1590. The highest BCUT2D eigenvalue weighted by molar-refractivity contribution is 6.47. The van der Waals surface area contributed by atoms with Crippen molar-refractivity contribution >= 4 is 28.7 Å². The standard InChI is InChI=1S/C30H27N5O3/c1-30(25-11-7-17-38-25)20-31-14-16-35(30)23-12-13-26(32-19-23)33-29(37)28(36)27-24(21-8-3-2-4-9-21)18-22-10-5-6-15-34(22)27/h2-13,15,17-19,31H,14,16,20H2,1H3,(H,32,33,37). The number of aromatic nitrogens is 2. The molecule has 0 radical (unpaired) electrons. The Morgan fingerprint density at radius 1 is 1.03 bits per heavy atom. The topological polar surface area (TPSA) is 91.9 Å². The Hall–Kier alpha value is -4.69. The molecule has 1 saturated heterocycles. The molecular formula is C30H27N5O3. The Morgan fingerprint density at radius 2 is 1.87 bits per heavy atom. The van der Waals surface area contributed by atoms with Crippen molar-refractivity contribution < 1.29 is 14.0 Å². The van der Waals surface area contributed by atoms with Gasteiger partial charge in [0.15, 0.2) is 0 Å². The summed E-state index contributed by atoms with van der Waals surface area (Å²) in [6.45, 7) is 4.45. The Balaban J connectivity index is 1.26. The number of piperazine rings is 1. The third-order valence-corrected chi connectivity index (χ3v) is 7.12. The van der Waals surface area contributed by atoms with E-state index in [9.17, 15) is 9.59 Å². The largest absolute Gasteiger partial charge is 0.467 e. The van der Waals surface area contributed by atoms with E-state index in [1.165, 1.54) is 0 Å². The number of Topliss-reactive ketones (excluding diaryl/α,β-unsaturated/α-hetero) is 1. The number of benzene rings is 1. The highest BCUT2D eigenvalue weighted by Gasteiger charge is 2.38. The molecule has 5 heterocycles. The fraction of sp³-hybridized carbons (Fsp3) is 0.167. The van der Waals surface area contributed by atoms with Crippen LogP contribution in [0.3, 0.4) is 0 Å². The lowest BCUT2D eigenvalue weighted by Crippen LogP contribution is -2.57. The summed E-state index contributed by atoms with van der Waals surface area (Å²) in [5.41, 5.74) is 3.24. The second kappa shape index (κ2) is 9.64. The van der Waals surface area contributed by atoms with E-state index >= 15 is 0 Å². The fourth-order valence-corrected chi connectivity index (χ4v) is 5.18. The SMILES string of the molecule is CC1(c2ccco2)CNCCN1c1ccc(NC(=O)C(=O)c2c(-c3ccccc3)cc3ccccn23)nc1. The number of fused-ring (bicyclic) bond motifs is 1. The number of rotatable bonds is 6. The average molecular weight is 506 g/mol. The van der Waals surface area contributed by atoms with E-state index in [0.29, 0.717) is 17.1 Å². The molecular weight excluding hydrogens is 478 g/mol. The quantitative estimate of drug-likeness (QED) is 0.256. The third kappa shape index (κ3) is 4.14. The summed E-state index contributed by atoms with van der Waals surface area (Å²) in [6, 6.07) is 24.7. The molecule has 190 valence electrons.